The zero-order valence-electron chi connectivity index (χ0n) is 12.3. The summed E-state index contributed by atoms with van der Waals surface area (Å²) in [5, 5.41) is 20.4. The Morgan fingerprint density at radius 2 is 2.24 bits per heavy atom. The number of nitro benzene ring substituents is 1. The molecule has 114 valence electrons. The molecule has 0 aliphatic carbocycles. The predicted octanol–water partition coefficient (Wildman–Crippen LogP) is 2.98. The normalized spacial score (nSPS) is 21.5. The summed E-state index contributed by atoms with van der Waals surface area (Å²) in [5.41, 5.74) is 0.860. The number of anilines is 1. The Morgan fingerprint density at radius 3 is 2.76 bits per heavy atom. The molecule has 1 fully saturated rings. The van der Waals surface area contributed by atoms with Crippen LogP contribution in [0.3, 0.4) is 0 Å². The van der Waals surface area contributed by atoms with Crippen LogP contribution in [0.4, 0.5) is 11.4 Å². The summed E-state index contributed by atoms with van der Waals surface area (Å²) in [6.45, 7) is 4.83. The molecule has 0 spiro atoms. The van der Waals surface area contributed by atoms with Crippen molar-refractivity contribution in [2.45, 2.75) is 33.1 Å². The molecule has 0 radical (unpaired) electrons. The molecule has 1 aliphatic rings. The number of carboxylic acids is 1. The van der Waals surface area contributed by atoms with Crippen molar-refractivity contribution in [1.29, 1.82) is 0 Å². The Kier molecular flexibility index (Phi) is 4.16. The molecule has 1 heterocycles. The van der Waals surface area contributed by atoms with E-state index in [0.717, 1.165) is 12.1 Å². The molecule has 1 atom stereocenters. The van der Waals surface area contributed by atoms with E-state index in [2.05, 4.69) is 0 Å². The van der Waals surface area contributed by atoms with Crippen LogP contribution in [-0.2, 0) is 4.79 Å². The van der Waals surface area contributed by atoms with E-state index in [1.165, 1.54) is 6.07 Å². The highest BCUT2D eigenvalue weighted by molar-refractivity contribution is 5.77. The lowest BCUT2D eigenvalue weighted by atomic mass is 9.83. The molecule has 2 rings (SSSR count). The maximum absolute atomic E-state index is 11.6. The predicted molar refractivity (Wildman–Crippen MR) is 79.6 cm³/mol. The Morgan fingerprint density at radius 1 is 1.52 bits per heavy atom. The fourth-order valence-electron chi connectivity index (χ4n) is 3.10. The average molecular weight is 292 g/mol. The first-order chi connectivity index (χ1) is 9.89. The van der Waals surface area contributed by atoms with E-state index in [-0.39, 0.29) is 5.69 Å². The molecule has 1 aromatic carbocycles. The van der Waals surface area contributed by atoms with Crippen LogP contribution >= 0.6 is 0 Å². The summed E-state index contributed by atoms with van der Waals surface area (Å²) >= 11 is 0. The topological polar surface area (TPSA) is 83.7 Å². The first-order valence-electron chi connectivity index (χ1n) is 7.13. The molecule has 0 bridgehead atoms. The van der Waals surface area contributed by atoms with Crippen molar-refractivity contribution in [3.63, 3.8) is 0 Å². The van der Waals surface area contributed by atoms with Crippen molar-refractivity contribution in [2.75, 3.05) is 18.0 Å². The van der Waals surface area contributed by atoms with Gasteiger partial charge in [0.25, 0.3) is 5.69 Å². The number of carbonyl (C=O) groups is 1. The third-order valence-corrected chi connectivity index (χ3v) is 4.28. The first kappa shape index (κ1) is 15.3. The van der Waals surface area contributed by atoms with E-state index in [1.807, 2.05) is 11.8 Å². The molecule has 1 aliphatic heterocycles. The smallest absolute Gasteiger partial charge is 0.311 e. The lowest BCUT2D eigenvalue weighted by Crippen LogP contribution is -2.34. The second-order valence-electron chi connectivity index (χ2n) is 5.73. The maximum Gasteiger partial charge on any atom is 0.311 e. The molecule has 0 saturated carbocycles. The number of hydrogen-bond acceptors (Lipinski definition) is 4. The fourth-order valence-corrected chi connectivity index (χ4v) is 3.10. The highest BCUT2D eigenvalue weighted by Gasteiger charge is 2.44. The van der Waals surface area contributed by atoms with Crippen molar-refractivity contribution in [3.8, 4) is 0 Å². The third-order valence-electron chi connectivity index (χ3n) is 4.28. The summed E-state index contributed by atoms with van der Waals surface area (Å²) in [6.07, 6.45) is 2.11. The molecule has 1 saturated heterocycles. The van der Waals surface area contributed by atoms with E-state index in [9.17, 15) is 20.0 Å². The molecule has 6 nitrogen and oxygen atoms in total. The molecule has 0 aromatic heterocycles. The SMILES string of the molecule is CCCC1(C(=O)O)CCN(c2ccc([N+](=O)[O-])c(C)c2)C1. The van der Waals surface area contributed by atoms with Crippen molar-refractivity contribution in [2.24, 2.45) is 5.41 Å². The summed E-state index contributed by atoms with van der Waals surface area (Å²) < 4.78 is 0. The summed E-state index contributed by atoms with van der Waals surface area (Å²) in [7, 11) is 0. The fraction of sp³-hybridized carbons (Fsp3) is 0.533. The van der Waals surface area contributed by atoms with Crippen molar-refractivity contribution in [1.82, 2.24) is 0 Å². The Bertz CT molecular complexity index is 573. The number of rotatable bonds is 5. The Balaban J connectivity index is 2.23. The van der Waals surface area contributed by atoms with Gasteiger partial charge >= 0.3 is 5.97 Å². The van der Waals surface area contributed by atoms with Crippen LogP contribution in [0, 0.1) is 22.5 Å². The molecular weight excluding hydrogens is 272 g/mol. The summed E-state index contributed by atoms with van der Waals surface area (Å²) in [6, 6.07) is 4.96. The minimum absolute atomic E-state index is 0.0935. The first-order valence-corrected chi connectivity index (χ1v) is 7.13. The summed E-state index contributed by atoms with van der Waals surface area (Å²) in [4.78, 5) is 24.0. The van der Waals surface area contributed by atoms with E-state index in [4.69, 9.17) is 0 Å². The van der Waals surface area contributed by atoms with Crippen LogP contribution in [0.1, 0.15) is 31.7 Å². The standard InChI is InChI=1S/C15H20N2O4/c1-3-6-15(14(18)19)7-8-16(10-15)12-4-5-13(17(20)21)11(2)9-12/h4-5,9H,3,6-8,10H2,1-2H3,(H,18,19). The van der Waals surface area contributed by atoms with Gasteiger partial charge in [-0.05, 0) is 31.9 Å². The van der Waals surface area contributed by atoms with Crippen molar-refractivity contribution in [3.05, 3.63) is 33.9 Å². The van der Waals surface area contributed by atoms with Gasteiger partial charge in [0.15, 0.2) is 0 Å². The van der Waals surface area contributed by atoms with Gasteiger partial charge < -0.3 is 10.0 Å². The highest BCUT2D eigenvalue weighted by Crippen LogP contribution is 2.38. The van der Waals surface area contributed by atoms with E-state index in [0.29, 0.717) is 31.5 Å². The number of nitrogens with zero attached hydrogens (tertiary/aromatic N) is 2. The average Bonchev–Trinajstić information content (AvgIpc) is 2.84. The Hall–Kier alpha value is -2.11. The number of carboxylic acid groups (broad SMARTS) is 1. The molecule has 1 N–H and O–H groups in total. The van der Waals surface area contributed by atoms with E-state index < -0.39 is 16.3 Å². The number of aliphatic carboxylic acids is 1. The summed E-state index contributed by atoms with van der Waals surface area (Å²) in [5.74, 6) is -0.745. The lowest BCUT2D eigenvalue weighted by molar-refractivity contribution is -0.385. The maximum atomic E-state index is 11.6. The number of aryl methyl sites for hydroxylation is 1. The van der Waals surface area contributed by atoms with Gasteiger partial charge in [-0.25, -0.2) is 0 Å². The number of hydrogen-bond donors (Lipinski definition) is 1. The van der Waals surface area contributed by atoms with Gasteiger partial charge in [0.1, 0.15) is 0 Å². The van der Waals surface area contributed by atoms with Gasteiger partial charge in [-0.1, -0.05) is 13.3 Å². The minimum Gasteiger partial charge on any atom is -0.481 e. The van der Waals surface area contributed by atoms with Crippen molar-refractivity contribution >= 4 is 17.3 Å². The number of nitro groups is 1. The van der Waals surface area contributed by atoms with Crippen LogP contribution in [0.15, 0.2) is 18.2 Å². The molecule has 1 unspecified atom stereocenters. The molecule has 0 amide bonds. The second-order valence-corrected chi connectivity index (χ2v) is 5.73. The van der Waals surface area contributed by atoms with E-state index >= 15 is 0 Å². The minimum atomic E-state index is -0.745. The highest BCUT2D eigenvalue weighted by atomic mass is 16.6. The zero-order valence-corrected chi connectivity index (χ0v) is 12.3. The quantitative estimate of drug-likeness (QED) is 0.666. The monoisotopic (exact) mass is 292 g/mol. The Labute approximate surface area is 123 Å². The van der Waals surface area contributed by atoms with Crippen LogP contribution in [0.2, 0.25) is 0 Å². The van der Waals surface area contributed by atoms with Gasteiger partial charge in [0.05, 0.1) is 10.3 Å². The zero-order chi connectivity index (χ0) is 15.6. The van der Waals surface area contributed by atoms with Crippen LogP contribution in [0.5, 0.6) is 0 Å². The molecule has 1 aromatic rings. The lowest BCUT2D eigenvalue weighted by Gasteiger charge is -2.25. The molecule has 21 heavy (non-hydrogen) atoms. The molecule has 6 heteroatoms. The third kappa shape index (κ3) is 2.84. The van der Waals surface area contributed by atoms with Crippen molar-refractivity contribution < 1.29 is 14.8 Å². The second kappa shape index (κ2) is 5.71. The van der Waals surface area contributed by atoms with Gasteiger partial charge in [0.2, 0.25) is 0 Å². The van der Waals surface area contributed by atoms with Gasteiger partial charge in [-0.2, -0.15) is 0 Å². The van der Waals surface area contributed by atoms with Crippen LogP contribution in [-0.4, -0.2) is 29.1 Å². The van der Waals surface area contributed by atoms with Gasteiger partial charge in [-0.15, -0.1) is 0 Å². The molecular formula is C15H20N2O4. The largest absolute Gasteiger partial charge is 0.481 e. The number of benzene rings is 1. The van der Waals surface area contributed by atoms with Gasteiger partial charge in [0, 0.05) is 30.4 Å². The van der Waals surface area contributed by atoms with Crippen LogP contribution < -0.4 is 4.90 Å². The van der Waals surface area contributed by atoms with E-state index in [1.54, 1.807) is 19.1 Å². The van der Waals surface area contributed by atoms with Gasteiger partial charge in [-0.3, -0.25) is 14.9 Å². The van der Waals surface area contributed by atoms with Crippen LogP contribution in [0.25, 0.3) is 0 Å².